The molecule has 192 valence electrons. The lowest BCUT2D eigenvalue weighted by molar-refractivity contribution is -0.119. The van der Waals surface area contributed by atoms with E-state index in [1.54, 1.807) is 36.4 Å². The highest BCUT2D eigenvalue weighted by molar-refractivity contribution is 7.92. The molecule has 1 amide bonds. The van der Waals surface area contributed by atoms with Crippen molar-refractivity contribution >= 4 is 33.2 Å². The fourth-order valence-corrected chi connectivity index (χ4v) is 5.10. The maximum absolute atomic E-state index is 13.5. The zero-order valence-electron chi connectivity index (χ0n) is 20.8. The molecular formula is C26H29ClN2O6S. The quantitative estimate of drug-likeness (QED) is 0.413. The summed E-state index contributed by atoms with van der Waals surface area (Å²) in [5.74, 6) is 0.816. The number of nitrogens with zero attached hydrogens (tertiary/aromatic N) is 1. The molecule has 0 aliphatic rings. The fraction of sp³-hybridized carbons (Fsp3) is 0.269. The van der Waals surface area contributed by atoms with Gasteiger partial charge in [-0.05, 0) is 61.4 Å². The normalized spacial score (nSPS) is 11.1. The van der Waals surface area contributed by atoms with E-state index < -0.39 is 22.5 Å². The molecule has 0 unspecified atom stereocenters. The summed E-state index contributed by atoms with van der Waals surface area (Å²) < 4.78 is 44.2. The van der Waals surface area contributed by atoms with Crippen LogP contribution >= 0.6 is 11.6 Å². The second kappa shape index (κ2) is 11.5. The number of carbonyl (C=O) groups is 1. The molecule has 0 radical (unpaired) electrons. The average molecular weight is 533 g/mol. The lowest BCUT2D eigenvalue weighted by atomic mass is 10.1. The molecule has 0 saturated heterocycles. The fourth-order valence-electron chi connectivity index (χ4n) is 3.51. The van der Waals surface area contributed by atoms with Gasteiger partial charge in [0.05, 0.1) is 31.9 Å². The molecule has 36 heavy (non-hydrogen) atoms. The van der Waals surface area contributed by atoms with Crippen molar-refractivity contribution in [2.75, 3.05) is 32.2 Å². The summed E-state index contributed by atoms with van der Waals surface area (Å²) in [5, 5.41) is 3.17. The number of amides is 1. The van der Waals surface area contributed by atoms with Crippen molar-refractivity contribution in [1.82, 2.24) is 5.32 Å². The van der Waals surface area contributed by atoms with E-state index in [-0.39, 0.29) is 17.1 Å². The SMILES string of the molecule is COc1cc(CNC(=O)CN(c2ccc(C)c(Cl)c2)S(=O)(=O)c2ccc(C)cc2)cc(OC)c1OC. The Labute approximate surface area is 216 Å². The topological polar surface area (TPSA) is 94.2 Å². The number of methoxy groups -OCH3 is 3. The summed E-state index contributed by atoms with van der Waals surface area (Å²) in [5.41, 5.74) is 2.68. The van der Waals surface area contributed by atoms with Crippen LogP contribution in [0.5, 0.6) is 17.2 Å². The van der Waals surface area contributed by atoms with Crippen LogP contribution in [0.4, 0.5) is 5.69 Å². The minimum atomic E-state index is -4.05. The Morgan fingerprint density at radius 2 is 1.53 bits per heavy atom. The van der Waals surface area contributed by atoms with Crippen LogP contribution < -0.4 is 23.8 Å². The summed E-state index contributed by atoms with van der Waals surface area (Å²) in [6, 6.07) is 14.7. The predicted molar refractivity (Wildman–Crippen MR) is 140 cm³/mol. The standard InChI is InChI=1S/C26H29ClN2O6S/c1-17-6-10-21(11-7-17)36(31,32)29(20-9-8-18(2)22(27)14-20)16-25(30)28-15-19-12-23(33-3)26(35-5)24(13-19)34-4/h6-14H,15-16H2,1-5H3,(H,28,30). The van der Waals surface area contributed by atoms with Crippen molar-refractivity contribution in [2.45, 2.75) is 25.3 Å². The monoisotopic (exact) mass is 532 g/mol. The number of carbonyl (C=O) groups excluding carboxylic acids is 1. The third kappa shape index (κ3) is 6.03. The summed E-state index contributed by atoms with van der Waals surface area (Å²) in [4.78, 5) is 13.1. The molecule has 0 heterocycles. The molecule has 0 aromatic heterocycles. The average Bonchev–Trinajstić information content (AvgIpc) is 2.87. The van der Waals surface area contributed by atoms with Gasteiger partial charge in [0.1, 0.15) is 6.54 Å². The van der Waals surface area contributed by atoms with Crippen molar-refractivity contribution in [2.24, 2.45) is 0 Å². The molecule has 0 spiro atoms. The minimum absolute atomic E-state index is 0.0715. The number of benzene rings is 3. The Bertz CT molecular complexity index is 1320. The number of sulfonamides is 1. The Balaban J connectivity index is 1.88. The van der Waals surface area contributed by atoms with Gasteiger partial charge in [0.2, 0.25) is 11.7 Å². The summed E-state index contributed by atoms with van der Waals surface area (Å²) in [7, 11) is 0.451. The molecule has 10 heteroatoms. The van der Waals surface area contributed by atoms with Crippen LogP contribution in [0, 0.1) is 13.8 Å². The molecule has 0 saturated carbocycles. The summed E-state index contributed by atoms with van der Waals surface area (Å²) >= 11 is 6.28. The van der Waals surface area contributed by atoms with E-state index in [9.17, 15) is 13.2 Å². The molecule has 0 bridgehead atoms. The predicted octanol–water partition coefficient (Wildman–Crippen LogP) is 4.49. The van der Waals surface area contributed by atoms with Crippen LogP contribution in [0.25, 0.3) is 0 Å². The Morgan fingerprint density at radius 1 is 0.917 bits per heavy atom. The maximum Gasteiger partial charge on any atom is 0.264 e. The second-order valence-electron chi connectivity index (χ2n) is 8.07. The van der Waals surface area contributed by atoms with Gasteiger partial charge < -0.3 is 19.5 Å². The van der Waals surface area contributed by atoms with Gasteiger partial charge in [0.15, 0.2) is 11.5 Å². The first-order chi connectivity index (χ1) is 17.1. The van der Waals surface area contributed by atoms with Crippen LogP contribution in [-0.2, 0) is 21.4 Å². The van der Waals surface area contributed by atoms with Crippen molar-refractivity contribution in [1.29, 1.82) is 0 Å². The van der Waals surface area contributed by atoms with E-state index in [1.807, 2.05) is 13.8 Å². The van der Waals surface area contributed by atoms with Crippen LogP contribution in [0.2, 0.25) is 5.02 Å². The lowest BCUT2D eigenvalue weighted by Crippen LogP contribution is -2.40. The molecule has 0 fully saturated rings. The van der Waals surface area contributed by atoms with Gasteiger partial charge in [-0.2, -0.15) is 0 Å². The number of hydrogen-bond donors (Lipinski definition) is 1. The van der Waals surface area contributed by atoms with Gasteiger partial charge in [0, 0.05) is 11.6 Å². The third-order valence-corrected chi connectivity index (χ3v) is 7.75. The highest BCUT2D eigenvalue weighted by Crippen LogP contribution is 2.38. The molecule has 0 aliphatic carbocycles. The molecule has 3 rings (SSSR count). The minimum Gasteiger partial charge on any atom is -0.493 e. The maximum atomic E-state index is 13.5. The summed E-state index contributed by atoms with van der Waals surface area (Å²) in [6.07, 6.45) is 0. The number of hydrogen-bond acceptors (Lipinski definition) is 6. The highest BCUT2D eigenvalue weighted by atomic mass is 35.5. The summed E-state index contributed by atoms with van der Waals surface area (Å²) in [6.45, 7) is 3.35. The van der Waals surface area contributed by atoms with Gasteiger partial charge >= 0.3 is 0 Å². The first-order valence-corrected chi connectivity index (χ1v) is 12.8. The molecule has 0 aliphatic heterocycles. The van der Waals surface area contributed by atoms with Gasteiger partial charge in [-0.25, -0.2) is 8.42 Å². The number of nitrogens with one attached hydrogen (secondary N) is 1. The molecule has 3 aromatic rings. The van der Waals surface area contributed by atoms with Gasteiger partial charge in [-0.15, -0.1) is 0 Å². The van der Waals surface area contributed by atoms with Crippen molar-refractivity contribution in [3.63, 3.8) is 0 Å². The number of rotatable bonds is 10. The van der Waals surface area contributed by atoms with Crippen LogP contribution in [0.1, 0.15) is 16.7 Å². The molecular weight excluding hydrogens is 504 g/mol. The van der Waals surface area contributed by atoms with Gasteiger partial charge in [0.25, 0.3) is 10.0 Å². The Kier molecular flexibility index (Phi) is 8.70. The van der Waals surface area contributed by atoms with E-state index in [0.29, 0.717) is 27.8 Å². The van der Waals surface area contributed by atoms with Crippen LogP contribution in [-0.4, -0.2) is 42.2 Å². The zero-order valence-corrected chi connectivity index (χ0v) is 22.4. The van der Waals surface area contributed by atoms with E-state index in [2.05, 4.69) is 5.32 Å². The third-order valence-electron chi connectivity index (χ3n) is 5.55. The van der Waals surface area contributed by atoms with Crippen molar-refractivity contribution in [3.8, 4) is 17.2 Å². The van der Waals surface area contributed by atoms with E-state index in [0.717, 1.165) is 15.4 Å². The Hall–Kier alpha value is -3.43. The van der Waals surface area contributed by atoms with Crippen LogP contribution in [0.15, 0.2) is 59.5 Å². The largest absolute Gasteiger partial charge is 0.493 e. The number of ether oxygens (including phenoxy) is 3. The number of aryl methyl sites for hydroxylation is 2. The molecule has 3 aromatic carbocycles. The smallest absolute Gasteiger partial charge is 0.264 e. The lowest BCUT2D eigenvalue weighted by Gasteiger charge is -2.24. The first-order valence-electron chi connectivity index (χ1n) is 11.0. The molecule has 8 nitrogen and oxygen atoms in total. The van der Waals surface area contributed by atoms with E-state index in [1.165, 1.54) is 39.5 Å². The van der Waals surface area contributed by atoms with Gasteiger partial charge in [-0.1, -0.05) is 35.4 Å². The highest BCUT2D eigenvalue weighted by Gasteiger charge is 2.27. The number of halogens is 1. The second-order valence-corrected chi connectivity index (χ2v) is 10.3. The van der Waals surface area contributed by atoms with Crippen molar-refractivity contribution < 1.29 is 27.4 Å². The Morgan fingerprint density at radius 3 is 2.06 bits per heavy atom. The van der Waals surface area contributed by atoms with Crippen molar-refractivity contribution in [3.05, 3.63) is 76.3 Å². The van der Waals surface area contributed by atoms with E-state index in [4.69, 9.17) is 25.8 Å². The number of anilines is 1. The molecule has 0 atom stereocenters. The first kappa shape index (κ1) is 27.2. The van der Waals surface area contributed by atoms with Gasteiger partial charge in [-0.3, -0.25) is 9.10 Å². The van der Waals surface area contributed by atoms with E-state index >= 15 is 0 Å². The van der Waals surface area contributed by atoms with Crippen LogP contribution in [0.3, 0.4) is 0 Å². The zero-order chi connectivity index (χ0) is 26.5. The molecule has 1 N–H and O–H groups in total.